The van der Waals surface area contributed by atoms with Crippen LogP contribution in [-0.2, 0) is 55.6 Å². The molecule has 2 rings (SSSR count). The zero-order valence-electron chi connectivity index (χ0n) is 20.1. The van der Waals surface area contributed by atoms with Crippen molar-refractivity contribution in [3.8, 4) is 0 Å². The van der Waals surface area contributed by atoms with Gasteiger partial charge in [-0.25, -0.2) is 12.1 Å². The van der Waals surface area contributed by atoms with Crippen LogP contribution in [0.5, 0.6) is 0 Å². The molecule has 29 heavy (non-hydrogen) atoms. The minimum absolute atomic E-state index is 0. The van der Waals surface area contributed by atoms with Crippen molar-refractivity contribution in [2.45, 2.75) is 119 Å². The molecule has 0 saturated carbocycles. The molecule has 0 fully saturated rings. The Hall–Kier alpha value is -0.781. The molecule has 0 aliphatic rings. The molecule has 0 atom stereocenters. The van der Waals surface area contributed by atoms with Crippen LogP contribution in [0.15, 0.2) is 24.3 Å². The zero-order chi connectivity index (χ0) is 20.8. The number of aryl methyl sites for hydroxylation is 1. The van der Waals surface area contributed by atoms with E-state index < -0.39 is 0 Å². The average Bonchev–Trinajstić information content (AvgIpc) is 3.28. The van der Waals surface area contributed by atoms with Crippen molar-refractivity contribution in [3.63, 3.8) is 0 Å². The fourth-order valence-corrected chi connectivity index (χ4v) is 4.54. The number of hydrogen-bond donors (Lipinski definition) is 0. The molecule has 0 bridgehead atoms. The summed E-state index contributed by atoms with van der Waals surface area (Å²) in [5, 5.41) is 0. The molecular weight excluding hydrogens is 392 g/mol. The third kappa shape index (κ3) is 8.85. The van der Waals surface area contributed by atoms with Crippen LogP contribution < -0.4 is 0 Å². The second-order valence-corrected chi connectivity index (χ2v) is 8.19. The molecular formula is C28H46Fe. The first-order chi connectivity index (χ1) is 13.7. The van der Waals surface area contributed by atoms with E-state index in [-0.39, 0.29) is 17.1 Å². The van der Waals surface area contributed by atoms with Gasteiger partial charge in [0, 0.05) is 0 Å². The number of rotatable bonds is 12. The second-order valence-electron chi connectivity index (χ2n) is 8.19. The van der Waals surface area contributed by atoms with Crippen LogP contribution in [0.25, 0.3) is 0 Å². The van der Waals surface area contributed by atoms with Crippen LogP contribution in [0.4, 0.5) is 0 Å². The van der Waals surface area contributed by atoms with Crippen molar-refractivity contribution >= 4 is 0 Å². The largest absolute Gasteiger partial charge is 2.00 e. The fraction of sp³-hybridized carbons (Fsp3) is 0.643. The predicted molar refractivity (Wildman–Crippen MR) is 128 cm³/mol. The molecule has 0 aromatic heterocycles. The SMILES string of the molecule is CCCc1c(CCC)c(CCC)[c-](CCC)c1CCC.CCCc1ccc[cH-]1.[Fe+2]. The Balaban J connectivity index is 0.000000729. The third-order valence-corrected chi connectivity index (χ3v) is 5.59. The van der Waals surface area contributed by atoms with Gasteiger partial charge >= 0.3 is 17.1 Å². The first-order valence-corrected chi connectivity index (χ1v) is 12.2. The van der Waals surface area contributed by atoms with E-state index in [0.29, 0.717) is 0 Å². The molecule has 0 unspecified atom stereocenters. The van der Waals surface area contributed by atoms with Gasteiger partial charge < -0.3 is 0 Å². The summed E-state index contributed by atoms with van der Waals surface area (Å²) in [6.07, 6.45) is 15.4. The fourth-order valence-electron chi connectivity index (χ4n) is 4.54. The molecule has 0 spiro atoms. The van der Waals surface area contributed by atoms with Gasteiger partial charge in [0.05, 0.1) is 0 Å². The minimum atomic E-state index is 0. The Morgan fingerprint density at radius 1 is 0.655 bits per heavy atom. The summed E-state index contributed by atoms with van der Waals surface area (Å²) in [5.41, 5.74) is 10.2. The molecule has 0 heterocycles. The van der Waals surface area contributed by atoms with E-state index in [0.717, 1.165) is 0 Å². The molecule has 0 saturated heterocycles. The maximum atomic E-state index is 2.33. The Labute approximate surface area is 193 Å². The van der Waals surface area contributed by atoms with Crippen molar-refractivity contribution in [3.05, 3.63) is 57.6 Å². The van der Waals surface area contributed by atoms with Gasteiger partial charge in [-0.1, -0.05) is 119 Å². The normalized spacial score (nSPS) is 10.4. The monoisotopic (exact) mass is 438 g/mol. The summed E-state index contributed by atoms with van der Waals surface area (Å²) < 4.78 is 0. The molecule has 0 aliphatic heterocycles. The second kappa shape index (κ2) is 17.0. The van der Waals surface area contributed by atoms with E-state index in [1.165, 1.54) is 82.6 Å². The first kappa shape index (κ1) is 28.2. The third-order valence-electron chi connectivity index (χ3n) is 5.59. The Bertz CT molecular complexity index is 512. The summed E-state index contributed by atoms with van der Waals surface area (Å²) in [6.45, 7) is 13.9. The van der Waals surface area contributed by atoms with Gasteiger partial charge in [0.15, 0.2) is 0 Å². The van der Waals surface area contributed by atoms with E-state index in [2.05, 4.69) is 65.8 Å². The van der Waals surface area contributed by atoms with E-state index in [1.807, 2.05) is 0 Å². The first-order valence-electron chi connectivity index (χ1n) is 12.2. The van der Waals surface area contributed by atoms with Crippen molar-refractivity contribution in [1.29, 1.82) is 0 Å². The predicted octanol–water partition coefficient (Wildman–Crippen LogP) is 8.52. The van der Waals surface area contributed by atoms with Gasteiger partial charge in [0.2, 0.25) is 0 Å². The molecule has 0 radical (unpaired) electrons. The standard InChI is InChI=1S/C20H35.C8H11.Fe/c1-6-11-16-17(12-7-2)19(14-9-4)20(15-10-5)18(16)13-8-3;1-2-5-8-6-3-4-7-8;/h6-15H2,1-5H3;3-4,6-7H,2,5H2,1H3;/q2*-1;+2. The zero-order valence-corrected chi connectivity index (χ0v) is 21.3. The van der Waals surface area contributed by atoms with Crippen LogP contribution >= 0.6 is 0 Å². The summed E-state index contributed by atoms with van der Waals surface area (Å²) in [4.78, 5) is 0. The van der Waals surface area contributed by atoms with Crippen molar-refractivity contribution in [2.75, 3.05) is 0 Å². The number of hydrogen-bond acceptors (Lipinski definition) is 0. The Kier molecular flexibility index (Phi) is 16.5. The summed E-state index contributed by atoms with van der Waals surface area (Å²) in [6, 6.07) is 8.52. The van der Waals surface area contributed by atoms with Crippen molar-refractivity contribution in [2.24, 2.45) is 0 Å². The summed E-state index contributed by atoms with van der Waals surface area (Å²) in [5.74, 6) is 0. The van der Waals surface area contributed by atoms with Crippen LogP contribution in [0.2, 0.25) is 0 Å². The van der Waals surface area contributed by atoms with E-state index >= 15 is 0 Å². The van der Waals surface area contributed by atoms with Gasteiger partial charge in [0.25, 0.3) is 0 Å². The topological polar surface area (TPSA) is 0 Å². The molecule has 0 amide bonds. The Morgan fingerprint density at radius 2 is 1.14 bits per heavy atom. The van der Waals surface area contributed by atoms with Gasteiger partial charge in [0.1, 0.15) is 0 Å². The minimum Gasteiger partial charge on any atom is -0.213 e. The van der Waals surface area contributed by atoms with E-state index in [9.17, 15) is 0 Å². The van der Waals surface area contributed by atoms with E-state index in [1.54, 1.807) is 27.8 Å². The van der Waals surface area contributed by atoms with Crippen LogP contribution in [-0.4, -0.2) is 0 Å². The molecule has 0 N–H and O–H groups in total. The summed E-state index contributed by atoms with van der Waals surface area (Å²) >= 11 is 0. The molecule has 166 valence electrons. The van der Waals surface area contributed by atoms with Crippen LogP contribution in [0, 0.1) is 0 Å². The molecule has 0 aliphatic carbocycles. The molecule has 1 heteroatoms. The van der Waals surface area contributed by atoms with Crippen molar-refractivity contribution < 1.29 is 17.1 Å². The molecule has 2 aromatic rings. The molecule has 2 aromatic carbocycles. The van der Waals surface area contributed by atoms with E-state index in [4.69, 9.17) is 0 Å². The van der Waals surface area contributed by atoms with Gasteiger partial charge in [-0.05, 0) is 0 Å². The summed E-state index contributed by atoms with van der Waals surface area (Å²) in [7, 11) is 0. The van der Waals surface area contributed by atoms with Gasteiger partial charge in [-0.15, -0.1) is 0 Å². The smallest absolute Gasteiger partial charge is 0.213 e. The Morgan fingerprint density at radius 3 is 1.48 bits per heavy atom. The van der Waals surface area contributed by atoms with Crippen LogP contribution in [0.1, 0.15) is 113 Å². The van der Waals surface area contributed by atoms with Crippen LogP contribution in [0.3, 0.4) is 0 Å². The quantitative estimate of drug-likeness (QED) is 0.230. The molecule has 0 nitrogen and oxygen atoms in total. The van der Waals surface area contributed by atoms with Gasteiger partial charge in [-0.3, -0.25) is 0 Å². The maximum Gasteiger partial charge on any atom is 2.00 e. The maximum absolute atomic E-state index is 2.33. The average molecular weight is 439 g/mol. The van der Waals surface area contributed by atoms with Crippen molar-refractivity contribution in [1.82, 2.24) is 0 Å². The van der Waals surface area contributed by atoms with Gasteiger partial charge in [-0.2, -0.15) is 45.5 Å².